The Kier molecular flexibility index (Phi) is 6.80. The van der Waals surface area contributed by atoms with Gasteiger partial charge in [-0.15, -0.1) is 0 Å². The van der Waals surface area contributed by atoms with Gasteiger partial charge in [0.25, 0.3) is 10.0 Å². The highest BCUT2D eigenvalue weighted by Gasteiger charge is 2.45. The largest absolute Gasteiger partial charge is 0.443 e. The second-order valence-corrected chi connectivity index (χ2v) is 10.8. The van der Waals surface area contributed by atoms with Crippen molar-refractivity contribution in [2.24, 2.45) is 0 Å². The maximum absolute atomic E-state index is 13.3. The van der Waals surface area contributed by atoms with E-state index in [2.05, 4.69) is 9.97 Å². The SMILES string of the molecule is O=C(CCc1cc(-c2ccc(C(F)(F)F)cn2)ccn1)[C@@H]1[C@@H](O)CCN1S(=O)(=O)c1cc2ccccc2o1. The highest BCUT2D eigenvalue weighted by molar-refractivity contribution is 7.89. The topological polar surface area (TPSA) is 114 Å². The molecule has 1 N–H and O–H groups in total. The van der Waals surface area contributed by atoms with E-state index in [1.54, 1.807) is 36.4 Å². The fourth-order valence-corrected chi connectivity index (χ4v) is 6.10. The first kappa shape index (κ1) is 26.0. The first-order valence-electron chi connectivity index (χ1n) is 11.7. The van der Waals surface area contributed by atoms with E-state index in [9.17, 15) is 31.5 Å². The van der Waals surface area contributed by atoms with Crippen molar-refractivity contribution < 1.29 is 35.9 Å². The van der Waals surface area contributed by atoms with Crippen molar-refractivity contribution in [2.75, 3.05) is 6.54 Å². The van der Waals surface area contributed by atoms with Crippen LogP contribution in [-0.2, 0) is 27.4 Å². The number of aryl methyl sites for hydroxylation is 1. The van der Waals surface area contributed by atoms with Gasteiger partial charge in [-0.25, -0.2) is 8.42 Å². The third-order valence-corrected chi connectivity index (χ3v) is 8.18. The number of carbonyl (C=O) groups is 1. The molecule has 0 unspecified atom stereocenters. The van der Waals surface area contributed by atoms with Gasteiger partial charge in [-0.2, -0.15) is 17.5 Å². The fourth-order valence-electron chi connectivity index (χ4n) is 4.50. The molecule has 12 heteroatoms. The number of aliphatic hydroxyl groups excluding tert-OH is 1. The van der Waals surface area contributed by atoms with Crippen LogP contribution < -0.4 is 0 Å². The number of alkyl halides is 3. The van der Waals surface area contributed by atoms with E-state index in [1.165, 1.54) is 18.3 Å². The van der Waals surface area contributed by atoms with Crippen LogP contribution >= 0.6 is 0 Å². The van der Waals surface area contributed by atoms with Gasteiger partial charge >= 0.3 is 6.18 Å². The Morgan fingerprint density at radius 3 is 2.61 bits per heavy atom. The Morgan fingerprint density at radius 2 is 1.89 bits per heavy atom. The van der Waals surface area contributed by atoms with Gasteiger partial charge in [-0.1, -0.05) is 18.2 Å². The van der Waals surface area contributed by atoms with Crippen molar-refractivity contribution in [3.8, 4) is 11.3 Å². The predicted molar refractivity (Wildman–Crippen MR) is 130 cm³/mol. The summed E-state index contributed by atoms with van der Waals surface area (Å²) in [6, 6.07) is 12.3. The summed E-state index contributed by atoms with van der Waals surface area (Å²) in [4.78, 5) is 21.2. The molecule has 1 saturated heterocycles. The average Bonchev–Trinajstić information content (AvgIpc) is 3.52. The number of Topliss-reactive ketones (excluding diaryl/α,β-unsaturated/α-hetero) is 1. The van der Waals surface area contributed by atoms with Crippen LogP contribution in [-0.4, -0.2) is 52.3 Å². The van der Waals surface area contributed by atoms with E-state index >= 15 is 0 Å². The molecule has 5 rings (SSSR count). The summed E-state index contributed by atoms with van der Waals surface area (Å²) >= 11 is 0. The summed E-state index contributed by atoms with van der Waals surface area (Å²) in [7, 11) is -4.19. The molecule has 4 aromatic rings. The monoisotopic (exact) mass is 545 g/mol. The number of nitrogens with zero attached hydrogens (tertiary/aromatic N) is 3. The molecule has 1 aliphatic heterocycles. The molecular formula is C26H22F3N3O5S. The van der Waals surface area contributed by atoms with Crippen molar-refractivity contribution in [3.05, 3.63) is 78.2 Å². The number of sulfonamides is 1. The number of carbonyl (C=O) groups excluding carboxylic acids is 1. The summed E-state index contributed by atoms with van der Waals surface area (Å²) in [5.74, 6) is -0.477. The molecule has 0 aliphatic carbocycles. The van der Waals surface area contributed by atoms with Gasteiger partial charge in [-0.3, -0.25) is 14.8 Å². The Balaban J connectivity index is 1.31. The summed E-state index contributed by atoms with van der Waals surface area (Å²) in [6.45, 7) is -0.0374. The van der Waals surface area contributed by atoms with Gasteiger partial charge in [0.05, 0.1) is 17.4 Å². The van der Waals surface area contributed by atoms with E-state index in [4.69, 9.17) is 4.42 Å². The molecule has 0 spiro atoms. The zero-order chi connectivity index (χ0) is 27.1. The molecule has 1 aromatic carbocycles. The lowest BCUT2D eigenvalue weighted by atomic mass is 10.0. The maximum Gasteiger partial charge on any atom is 0.417 e. The van der Waals surface area contributed by atoms with Crippen LogP contribution in [0.1, 0.15) is 24.1 Å². The number of pyridine rings is 2. The molecule has 1 fully saturated rings. The zero-order valence-electron chi connectivity index (χ0n) is 19.8. The van der Waals surface area contributed by atoms with Crippen LogP contribution in [0.2, 0.25) is 0 Å². The minimum Gasteiger partial charge on any atom is -0.443 e. The van der Waals surface area contributed by atoms with Crippen LogP contribution in [0.5, 0.6) is 0 Å². The minimum atomic E-state index is -4.49. The van der Waals surface area contributed by atoms with Gasteiger partial charge in [0.2, 0.25) is 5.09 Å². The number of ketones is 1. The lowest BCUT2D eigenvalue weighted by Gasteiger charge is -2.23. The number of halogens is 3. The van der Waals surface area contributed by atoms with E-state index in [1.807, 2.05) is 0 Å². The highest BCUT2D eigenvalue weighted by atomic mass is 32.2. The third-order valence-electron chi connectivity index (χ3n) is 6.45. The van der Waals surface area contributed by atoms with E-state index in [0.29, 0.717) is 27.9 Å². The standard InChI is InChI=1S/C26H22F3N3O5S/c27-26(28,29)18-5-7-20(31-15-18)16-9-11-30-19(13-16)6-8-21(33)25-22(34)10-12-32(25)38(35,36)24-14-17-3-1-2-4-23(17)37-24/h1-5,7,9,11,13-15,22,25,34H,6,8,10,12H2/t22-,25+/m0/s1. The minimum absolute atomic E-state index is 0.0374. The van der Waals surface area contributed by atoms with Crippen molar-refractivity contribution in [1.82, 2.24) is 14.3 Å². The van der Waals surface area contributed by atoms with Crippen LogP contribution in [0.15, 0.2) is 76.5 Å². The van der Waals surface area contributed by atoms with Gasteiger partial charge in [0.1, 0.15) is 11.6 Å². The van der Waals surface area contributed by atoms with Gasteiger partial charge in [0.15, 0.2) is 5.78 Å². The molecule has 8 nitrogen and oxygen atoms in total. The molecule has 3 aromatic heterocycles. The summed E-state index contributed by atoms with van der Waals surface area (Å²) in [5.41, 5.74) is 0.825. The number of fused-ring (bicyclic) bond motifs is 1. The number of aliphatic hydroxyl groups is 1. The number of aromatic nitrogens is 2. The average molecular weight is 546 g/mol. The van der Waals surface area contributed by atoms with E-state index < -0.39 is 39.7 Å². The summed E-state index contributed by atoms with van der Waals surface area (Å²) in [5, 5.41) is 10.8. The highest BCUT2D eigenvalue weighted by Crippen LogP contribution is 2.32. The van der Waals surface area contributed by atoms with Gasteiger partial charge in [-0.05, 0) is 43.2 Å². The number of hydrogen-bond donors (Lipinski definition) is 1. The number of rotatable bonds is 7. The van der Waals surface area contributed by atoms with Gasteiger partial charge in [0, 0.05) is 48.1 Å². The Morgan fingerprint density at radius 1 is 1.11 bits per heavy atom. The lowest BCUT2D eigenvalue weighted by molar-refractivity contribution is -0.137. The number of benzene rings is 1. The van der Waals surface area contributed by atoms with Crippen LogP contribution in [0, 0.1) is 0 Å². The second kappa shape index (κ2) is 9.93. The normalized spacial score (nSPS) is 18.7. The molecule has 1 aliphatic rings. The zero-order valence-corrected chi connectivity index (χ0v) is 20.6. The Hall–Kier alpha value is -3.61. The van der Waals surface area contributed by atoms with Crippen molar-refractivity contribution in [1.29, 1.82) is 0 Å². The predicted octanol–water partition coefficient (Wildman–Crippen LogP) is 4.23. The molecule has 198 valence electrons. The molecule has 0 radical (unpaired) electrons. The smallest absolute Gasteiger partial charge is 0.417 e. The number of furan rings is 1. The molecule has 2 atom stereocenters. The third kappa shape index (κ3) is 5.06. The van der Waals surface area contributed by atoms with Gasteiger partial charge < -0.3 is 9.52 Å². The number of para-hydroxylation sites is 1. The second-order valence-electron chi connectivity index (χ2n) is 8.95. The first-order chi connectivity index (χ1) is 18.0. The number of hydrogen-bond acceptors (Lipinski definition) is 7. The van der Waals surface area contributed by atoms with Crippen molar-refractivity contribution in [3.63, 3.8) is 0 Å². The summed E-state index contributed by atoms with van der Waals surface area (Å²) < 4.78 is 71.6. The molecule has 0 amide bonds. The van der Waals surface area contributed by atoms with E-state index in [0.717, 1.165) is 16.6 Å². The van der Waals surface area contributed by atoms with Crippen LogP contribution in [0.25, 0.3) is 22.2 Å². The molecule has 0 saturated carbocycles. The lowest BCUT2D eigenvalue weighted by Crippen LogP contribution is -2.45. The van der Waals surface area contributed by atoms with Crippen molar-refractivity contribution >= 4 is 26.8 Å². The molecule has 0 bridgehead atoms. The molecule has 4 heterocycles. The van der Waals surface area contributed by atoms with E-state index in [-0.39, 0.29) is 30.9 Å². The summed E-state index contributed by atoms with van der Waals surface area (Å²) in [6.07, 6.45) is -3.33. The van der Waals surface area contributed by atoms with Crippen LogP contribution in [0.3, 0.4) is 0 Å². The Bertz CT molecular complexity index is 1550. The molecular weight excluding hydrogens is 523 g/mol. The Labute approximate surface area is 215 Å². The van der Waals surface area contributed by atoms with Crippen molar-refractivity contribution in [2.45, 2.75) is 42.7 Å². The first-order valence-corrected chi connectivity index (χ1v) is 13.2. The van der Waals surface area contributed by atoms with Crippen LogP contribution in [0.4, 0.5) is 13.2 Å². The molecule has 38 heavy (non-hydrogen) atoms. The maximum atomic E-state index is 13.3. The quantitative estimate of drug-likeness (QED) is 0.370. The fraction of sp³-hybridized carbons (Fsp3) is 0.269.